The molecule has 3 heterocycles. The fraction of sp³-hybridized carbons (Fsp3) is 0.458. The fourth-order valence-electron chi connectivity index (χ4n) is 4.06. The van der Waals surface area contributed by atoms with E-state index in [1.807, 2.05) is 17.0 Å². The van der Waals surface area contributed by atoms with Crippen molar-refractivity contribution in [2.45, 2.75) is 44.8 Å². The van der Waals surface area contributed by atoms with Crippen LogP contribution in [-0.4, -0.2) is 44.4 Å². The third kappa shape index (κ3) is 5.58. The number of thioether (sulfide) groups is 1. The number of piperidine rings is 1. The number of furan rings is 1. The first-order valence-electron chi connectivity index (χ1n) is 11.0. The van der Waals surface area contributed by atoms with Crippen molar-refractivity contribution in [2.75, 3.05) is 18.8 Å². The van der Waals surface area contributed by atoms with Crippen LogP contribution in [0.4, 0.5) is 0 Å². The Kier molecular flexibility index (Phi) is 7.12. The SMILES string of the molecule is CC(C)Cn1c(SCC(=O)N2CCC(Cc3ccccc3)CC2)nnc1-c1ccco1. The lowest BCUT2D eigenvalue weighted by Gasteiger charge is -2.32. The number of hydrogen-bond acceptors (Lipinski definition) is 5. The molecule has 164 valence electrons. The van der Waals surface area contributed by atoms with Crippen LogP contribution < -0.4 is 0 Å². The maximum Gasteiger partial charge on any atom is 0.233 e. The van der Waals surface area contributed by atoms with E-state index >= 15 is 0 Å². The molecule has 1 aliphatic rings. The molecule has 3 aromatic rings. The van der Waals surface area contributed by atoms with Crippen LogP contribution in [0.5, 0.6) is 0 Å². The summed E-state index contributed by atoms with van der Waals surface area (Å²) in [6, 6.07) is 14.4. The molecule has 1 fully saturated rings. The number of likely N-dealkylation sites (tertiary alicyclic amines) is 1. The molecule has 7 heteroatoms. The summed E-state index contributed by atoms with van der Waals surface area (Å²) >= 11 is 1.47. The second-order valence-electron chi connectivity index (χ2n) is 8.59. The van der Waals surface area contributed by atoms with Gasteiger partial charge in [0.15, 0.2) is 16.7 Å². The second-order valence-corrected chi connectivity index (χ2v) is 9.53. The Labute approximate surface area is 188 Å². The zero-order chi connectivity index (χ0) is 21.6. The van der Waals surface area contributed by atoms with Crippen LogP contribution in [-0.2, 0) is 17.8 Å². The van der Waals surface area contributed by atoms with Gasteiger partial charge in [-0.25, -0.2) is 0 Å². The predicted octanol–water partition coefficient (Wildman–Crippen LogP) is 4.77. The molecule has 0 aliphatic carbocycles. The zero-order valence-corrected chi connectivity index (χ0v) is 19.1. The van der Waals surface area contributed by atoms with Crippen LogP contribution in [0.15, 0.2) is 58.3 Å². The fourth-order valence-corrected chi connectivity index (χ4v) is 4.92. The lowest BCUT2D eigenvalue weighted by atomic mass is 9.90. The highest BCUT2D eigenvalue weighted by atomic mass is 32.2. The van der Waals surface area contributed by atoms with Crippen molar-refractivity contribution in [3.05, 3.63) is 54.3 Å². The maximum atomic E-state index is 12.8. The highest BCUT2D eigenvalue weighted by Gasteiger charge is 2.24. The van der Waals surface area contributed by atoms with Gasteiger partial charge in [-0.05, 0) is 48.8 Å². The van der Waals surface area contributed by atoms with Crippen LogP contribution >= 0.6 is 11.8 Å². The van der Waals surface area contributed by atoms with Crippen molar-refractivity contribution < 1.29 is 9.21 Å². The molecular formula is C24H30N4O2S. The lowest BCUT2D eigenvalue weighted by molar-refractivity contribution is -0.129. The molecule has 0 bridgehead atoms. The topological polar surface area (TPSA) is 64.2 Å². The van der Waals surface area contributed by atoms with Crippen LogP contribution in [0.1, 0.15) is 32.3 Å². The van der Waals surface area contributed by atoms with E-state index in [-0.39, 0.29) is 5.91 Å². The highest BCUT2D eigenvalue weighted by Crippen LogP contribution is 2.27. The molecule has 1 aliphatic heterocycles. The van der Waals surface area contributed by atoms with E-state index in [0.29, 0.717) is 23.3 Å². The summed E-state index contributed by atoms with van der Waals surface area (Å²) < 4.78 is 7.58. The quantitative estimate of drug-likeness (QED) is 0.474. The largest absolute Gasteiger partial charge is 0.461 e. The van der Waals surface area contributed by atoms with Gasteiger partial charge in [0.25, 0.3) is 0 Å². The first kappa shape index (κ1) is 21.7. The minimum atomic E-state index is 0.182. The molecule has 1 aromatic carbocycles. The number of rotatable bonds is 8. The molecule has 4 rings (SSSR count). The van der Waals surface area contributed by atoms with E-state index in [0.717, 1.165) is 49.9 Å². The van der Waals surface area contributed by atoms with Gasteiger partial charge in [-0.3, -0.25) is 9.36 Å². The van der Waals surface area contributed by atoms with E-state index in [1.54, 1.807) is 6.26 Å². The number of benzene rings is 1. The standard InChI is InChI=1S/C24H30N4O2S/c1-18(2)16-28-23(21-9-6-14-30-21)25-26-24(28)31-17-22(29)27-12-10-20(11-13-27)15-19-7-4-3-5-8-19/h3-9,14,18,20H,10-13,15-17H2,1-2H3. The lowest BCUT2D eigenvalue weighted by Crippen LogP contribution is -2.39. The molecule has 0 radical (unpaired) electrons. The number of aromatic nitrogens is 3. The molecular weight excluding hydrogens is 408 g/mol. The number of carbonyl (C=O) groups is 1. The Bertz CT molecular complexity index is 961. The summed E-state index contributed by atoms with van der Waals surface area (Å²) in [7, 11) is 0. The predicted molar refractivity (Wildman–Crippen MR) is 123 cm³/mol. The molecule has 0 saturated carbocycles. The van der Waals surface area contributed by atoms with E-state index in [2.05, 4.69) is 58.9 Å². The van der Waals surface area contributed by atoms with Crippen LogP contribution in [0, 0.1) is 11.8 Å². The van der Waals surface area contributed by atoms with Gasteiger partial charge in [0.05, 0.1) is 12.0 Å². The second kappa shape index (κ2) is 10.2. The summed E-state index contributed by atoms with van der Waals surface area (Å²) in [6.45, 7) is 6.78. The van der Waals surface area contributed by atoms with Crippen molar-refractivity contribution in [1.29, 1.82) is 0 Å². The molecule has 0 unspecified atom stereocenters. The Morgan fingerprint density at radius 1 is 1.13 bits per heavy atom. The molecule has 31 heavy (non-hydrogen) atoms. The molecule has 0 N–H and O–H groups in total. The molecule has 2 aromatic heterocycles. The van der Waals surface area contributed by atoms with Crippen LogP contribution in [0.3, 0.4) is 0 Å². The molecule has 1 saturated heterocycles. The Morgan fingerprint density at radius 2 is 1.90 bits per heavy atom. The third-order valence-corrected chi connectivity index (χ3v) is 6.62. The zero-order valence-electron chi connectivity index (χ0n) is 18.2. The van der Waals surface area contributed by atoms with Crippen molar-refractivity contribution >= 4 is 17.7 Å². The summed E-state index contributed by atoms with van der Waals surface area (Å²) in [6.07, 6.45) is 4.88. The number of nitrogens with zero attached hydrogens (tertiary/aromatic N) is 4. The monoisotopic (exact) mass is 438 g/mol. The summed E-state index contributed by atoms with van der Waals surface area (Å²) in [5.41, 5.74) is 1.39. The van der Waals surface area contributed by atoms with E-state index < -0.39 is 0 Å². The summed E-state index contributed by atoms with van der Waals surface area (Å²) in [4.78, 5) is 14.8. The smallest absolute Gasteiger partial charge is 0.233 e. The molecule has 1 amide bonds. The van der Waals surface area contributed by atoms with Gasteiger partial charge >= 0.3 is 0 Å². The van der Waals surface area contributed by atoms with Gasteiger partial charge in [-0.2, -0.15) is 0 Å². The van der Waals surface area contributed by atoms with Crippen molar-refractivity contribution in [3.63, 3.8) is 0 Å². The number of amides is 1. The van der Waals surface area contributed by atoms with E-state index in [4.69, 9.17) is 4.42 Å². The Hall–Kier alpha value is -2.54. The Balaban J connectivity index is 1.32. The minimum Gasteiger partial charge on any atom is -0.461 e. The van der Waals surface area contributed by atoms with Gasteiger partial charge in [0.1, 0.15) is 0 Å². The van der Waals surface area contributed by atoms with Gasteiger partial charge < -0.3 is 9.32 Å². The first-order valence-corrected chi connectivity index (χ1v) is 12.0. The Morgan fingerprint density at radius 3 is 2.58 bits per heavy atom. The molecule has 0 atom stereocenters. The van der Waals surface area contributed by atoms with Crippen molar-refractivity contribution in [1.82, 2.24) is 19.7 Å². The van der Waals surface area contributed by atoms with Crippen LogP contribution in [0.25, 0.3) is 11.6 Å². The minimum absolute atomic E-state index is 0.182. The highest BCUT2D eigenvalue weighted by molar-refractivity contribution is 7.99. The normalized spacial score (nSPS) is 15.0. The number of hydrogen-bond donors (Lipinski definition) is 0. The van der Waals surface area contributed by atoms with Crippen molar-refractivity contribution in [2.24, 2.45) is 11.8 Å². The maximum absolute atomic E-state index is 12.8. The third-order valence-electron chi connectivity index (χ3n) is 5.67. The average Bonchev–Trinajstić information content (AvgIpc) is 3.43. The van der Waals surface area contributed by atoms with Gasteiger partial charge in [-0.1, -0.05) is 55.9 Å². The van der Waals surface area contributed by atoms with Crippen LogP contribution in [0.2, 0.25) is 0 Å². The van der Waals surface area contributed by atoms with Gasteiger partial charge in [-0.15, -0.1) is 10.2 Å². The first-order chi connectivity index (χ1) is 15.1. The van der Waals surface area contributed by atoms with Crippen molar-refractivity contribution in [3.8, 4) is 11.6 Å². The van der Waals surface area contributed by atoms with Gasteiger partial charge in [0.2, 0.25) is 5.91 Å². The summed E-state index contributed by atoms with van der Waals surface area (Å²) in [5, 5.41) is 9.44. The average molecular weight is 439 g/mol. The molecule has 0 spiro atoms. The molecule has 6 nitrogen and oxygen atoms in total. The van der Waals surface area contributed by atoms with E-state index in [1.165, 1.54) is 17.3 Å². The van der Waals surface area contributed by atoms with E-state index in [9.17, 15) is 4.79 Å². The van der Waals surface area contributed by atoms with Gasteiger partial charge in [0, 0.05) is 19.6 Å². The number of carbonyl (C=O) groups excluding carboxylic acids is 1. The summed E-state index contributed by atoms with van der Waals surface area (Å²) in [5.74, 6) is 3.08.